The number of ether oxygens (including phenoxy) is 1. The molecule has 1 fully saturated rings. The van der Waals surface area contributed by atoms with Crippen LogP contribution in [-0.2, 0) is 9.84 Å². The van der Waals surface area contributed by atoms with Gasteiger partial charge in [-0.3, -0.25) is 0 Å². The third-order valence-corrected chi connectivity index (χ3v) is 6.39. The summed E-state index contributed by atoms with van der Waals surface area (Å²) < 4.78 is 31.4. The van der Waals surface area contributed by atoms with Gasteiger partial charge in [-0.25, -0.2) is 8.42 Å². The van der Waals surface area contributed by atoms with Gasteiger partial charge >= 0.3 is 0 Å². The summed E-state index contributed by atoms with van der Waals surface area (Å²) in [4.78, 5) is 0.229. The molecule has 0 amide bonds. The minimum absolute atomic E-state index is 0.0460. The number of hydrogen-bond acceptors (Lipinski definition) is 4. The molecule has 3 rings (SSSR count). The standard InChI is InChI=1S/C18H20O4S/c1-22-15-7-5-6-14(12-15)18(17(19)13-10-11-13)23(20,21)16-8-3-2-4-9-16/h2-9,12-13,17-19H,10-11H2,1H3. The first-order valence-corrected chi connectivity index (χ1v) is 9.19. The Morgan fingerprint density at radius 2 is 1.78 bits per heavy atom. The lowest BCUT2D eigenvalue weighted by atomic mass is 10.0. The Bertz CT molecular complexity index is 767. The van der Waals surface area contributed by atoms with Crippen LogP contribution in [0.2, 0.25) is 0 Å². The second-order valence-corrected chi connectivity index (χ2v) is 7.95. The zero-order valence-corrected chi connectivity index (χ0v) is 13.7. The van der Waals surface area contributed by atoms with Gasteiger partial charge in [0.25, 0.3) is 0 Å². The van der Waals surface area contributed by atoms with E-state index in [0.29, 0.717) is 11.3 Å². The van der Waals surface area contributed by atoms with Crippen molar-refractivity contribution in [1.82, 2.24) is 0 Å². The van der Waals surface area contributed by atoms with Crippen molar-refractivity contribution in [3.63, 3.8) is 0 Å². The molecular weight excluding hydrogens is 312 g/mol. The Morgan fingerprint density at radius 3 is 2.39 bits per heavy atom. The van der Waals surface area contributed by atoms with Gasteiger partial charge in [-0.05, 0) is 48.6 Å². The molecule has 2 aromatic carbocycles. The van der Waals surface area contributed by atoms with Crippen molar-refractivity contribution >= 4 is 9.84 Å². The number of methoxy groups -OCH3 is 1. The topological polar surface area (TPSA) is 63.6 Å². The van der Waals surface area contributed by atoms with Crippen molar-refractivity contribution in [2.45, 2.75) is 29.1 Å². The lowest BCUT2D eigenvalue weighted by Gasteiger charge is -2.24. The van der Waals surface area contributed by atoms with Crippen molar-refractivity contribution in [2.24, 2.45) is 5.92 Å². The molecule has 1 aliphatic rings. The molecule has 0 aliphatic heterocycles. The second-order valence-electron chi connectivity index (χ2n) is 5.88. The van der Waals surface area contributed by atoms with Crippen LogP contribution >= 0.6 is 0 Å². The third kappa shape index (κ3) is 3.26. The summed E-state index contributed by atoms with van der Waals surface area (Å²) in [5, 5.41) is 9.66. The maximum absolute atomic E-state index is 13.1. The summed E-state index contributed by atoms with van der Waals surface area (Å²) in [7, 11) is -2.15. The summed E-state index contributed by atoms with van der Waals surface area (Å²) in [5.41, 5.74) is 0.563. The van der Waals surface area contributed by atoms with E-state index in [2.05, 4.69) is 0 Å². The number of sulfone groups is 1. The van der Waals surface area contributed by atoms with Gasteiger partial charge in [0.1, 0.15) is 11.0 Å². The molecule has 0 heterocycles. The SMILES string of the molecule is COc1cccc(C(C(O)C2CC2)S(=O)(=O)c2ccccc2)c1. The summed E-state index contributed by atoms with van der Waals surface area (Å²) >= 11 is 0. The molecule has 122 valence electrons. The average Bonchev–Trinajstić information content (AvgIpc) is 3.41. The molecular formula is C18H20O4S. The van der Waals surface area contributed by atoms with Crippen LogP contribution in [0.1, 0.15) is 23.7 Å². The molecule has 0 spiro atoms. The molecule has 0 aromatic heterocycles. The predicted octanol–water partition coefficient (Wildman–Crippen LogP) is 2.98. The quantitative estimate of drug-likeness (QED) is 0.883. The Hall–Kier alpha value is -1.85. The highest BCUT2D eigenvalue weighted by atomic mass is 32.2. The lowest BCUT2D eigenvalue weighted by molar-refractivity contribution is 0.145. The number of benzene rings is 2. The van der Waals surface area contributed by atoms with E-state index < -0.39 is 21.2 Å². The molecule has 2 aromatic rings. The highest BCUT2D eigenvalue weighted by Gasteiger charge is 2.43. The van der Waals surface area contributed by atoms with Gasteiger partial charge < -0.3 is 9.84 Å². The monoisotopic (exact) mass is 332 g/mol. The molecule has 1 N–H and O–H groups in total. The normalized spacial score (nSPS) is 17.5. The van der Waals surface area contributed by atoms with Crippen LogP contribution in [0.3, 0.4) is 0 Å². The van der Waals surface area contributed by atoms with Crippen LogP contribution in [0.5, 0.6) is 5.75 Å². The third-order valence-electron chi connectivity index (χ3n) is 4.24. The van der Waals surface area contributed by atoms with E-state index >= 15 is 0 Å². The molecule has 0 saturated heterocycles. The van der Waals surface area contributed by atoms with Gasteiger partial charge in [0.15, 0.2) is 9.84 Å². The zero-order valence-electron chi connectivity index (χ0n) is 12.9. The minimum Gasteiger partial charge on any atom is -0.497 e. The molecule has 0 radical (unpaired) electrons. The number of hydrogen-bond donors (Lipinski definition) is 1. The van der Waals surface area contributed by atoms with Crippen molar-refractivity contribution < 1.29 is 18.3 Å². The van der Waals surface area contributed by atoms with Crippen molar-refractivity contribution in [1.29, 1.82) is 0 Å². The molecule has 23 heavy (non-hydrogen) atoms. The van der Waals surface area contributed by atoms with Crippen LogP contribution in [-0.4, -0.2) is 26.7 Å². The summed E-state index contributed by atoms with van der Waals surface area (Å²) in [6.07, 6.45) is 0.824. The molecule has 4 nitrogen and oxygen atoms in total. The van der Waals surface area contributed by atoms with Gasteiger partial charge in [-0.1, -0.05) is 30.3 Å². The predicted molar refractivity (Wildman–Crippen MR) is 88.1 cm³/mol. The Morgan fingerprint density at radius 1 is 1.09 bits per heavy atom. The van der Waals surface area contributed by atoms with E-state index in [-0.39, 0.29) is 10.8 Å². The van der Waals surface area contributed by atoms with Gasteiger partial charge in [0.2, 0.25) is 0 Å². The summed E-state index contributed by atoms with van der Waals surface area (Å²) in [6, 6.07) is 15.2. The van der Waals surface area contributed by atoms with Gasteiger partial charge in [-0.2, -0.15) is 0 Å². The second kappa shape index (κ2) is 6.34. The molecule has 5 heteroatoms. The first kappa shape index (κ1) is 16.0. The highest BCUT2D eigenvalue weighted by molar-refractivity contribution is 7.91. The maximum Gasteiger partial charge on any atom is 0.187 e. The summed E-state index contributed by atoms with van der Waals surface area (Å²) in [6.45, 7) is 0. The molecule has 1 saturated carbocycles. The molecule has 0 bridgehead atoms. The molecule has 2 unspecified atom stereocenters. The van der Waals surface area contributed by atoms with Crippen LogP contribution in [0, 0.1) is 5.92 Å². The first-order valence-electron chi connectivity index (χ1n) is 7.65. The number of rotatable bonds is 6. The molecule has 1 aliphatic carbocycles. The van der Waals surface area contributed by atoms with Crippen LogP contribution < -0.4 is 4.74 Å². The average molecular weight is 332 g/mol. The minimum atomic E-state index is -3.69. The van der Waals surface area contributed by atoms with E-state index in [0.717, 1.165) is 12.8 Å². The smallest absolute Gasteiger partial charge is 0.187 e. The van der Waals surface area contributed by atoms with Crippen LogP contribution in [0.4, 0.5) is 0 Å². The van der Waals surface area contributed by atoms with Gasteiger partial charge in [0.05, 0.1) is 18.1 Å². The van der Waals surface area contributed by atoms with E-state index in [1.807, 2.05) is 0 Å². The number of aliphatic hydroxyl groups is 1. The van der Waals surface area contributed by atoms with Gasteiger partial charge in [0, 0.05) is 0 Å². The van der Waals surface area contributed by atoms with E-state index in [1.165, 1.54) is 7.11 Å². The first-order chi connectivity index (χ1) is 11.0. The van der Waals surface area contributed by atoms with Crippen LogP contribution in [0.15, 0.2) is 59.5 Å². The van der Waals surface area contributed by atoms with E-state index in [4.69, 9.17) is 4.74 Å². The maximum atomic E-state index is 13.1. The van der Waals surface area contributed by atoms with Crippen molar-refractivity contribution in [2.75, 3.05) is 7.11 Å². The molecule has 2 atom stereocenters. The zero-order chi connectivity index (χ0) is 16.4. The summed E-state index contributed by atoms with van der Waals surface area (Å²) in [5.74, 6) is 0.628. The lowest BCUT2D eigenvalue weighted by Crippen LogP contribution is -2.28. The Kier molecular flexibility index (Phi) is 4.41. The highest BCUT2D eigenvalue weighted by Crippen LogP contribution is 2.43. The van der Waals surface area contributed by atoms with Crippen molar-refractivity contribution in [3.05, 3.63) is 60.2 Å². The van der Waals surface area contributed by atoms with Crippen LogP contribution in [0.25, 0.3) is 0 Å². The Labute approximate surface area is 136 Å². The van der Waals surface area contributed by atoms with E-state index in [1.54, 1.807) is 54.6 Å². The van der Waals surface area contributed by atoms with Crippen molar-refractivity contribution in [3.8, 4) is 5.75 Å². The fourth-order valence-corrected chi connectivity index (χ4v) is 4.74. The number of aliphatic hydroxyl groups excluding tert-OH is 1. The van der Waals surface area contributed by atoms with Gasteiger partial charge in [-0.15, -0.1) is 0 Å². The fourth-order valence-electron chi connectivity index (χ4n) is 2.82. The van der Waals surface area contributed by atoms with E-state index in [9.17, 15) is 13.5 Å². The fraction of sp³-hybridized carbons (Fsp3) is 0.333. The largest absolute Gasteiger partial charge is 0.497 e. The Balaban J connectivity index is 2.08.